The number of para-hydroxylation sites is 1. The van der Waals surface area contributed by atoms with Gasteiger partial charge in [0.25, 0.3) is 0 Å². The number of carboxylic acids is 1. The van der Waals surface area contributed by atoms with Gasteiger partial charge in [-0.3, -0.25) is 4.79 Å². The summed E-state index contributed by atoms with van der Waals surface area (Å²) in [5.74, 6) is -0.712. The molecule has 2 rings (SSSR count). The van der Waals surface area contributed by atoms with E-state index in [0.29, 0.717) is 11.3 Å². The topological polar surface area (TPSA) is 70.7 Å². The summed E-state index contributed by atoms with van der Waals surface area (Å²) in [6, 6.07) is 7.38. The van der Waals surface area contributed by atoms with Crippen molar-refractivity contribution in [3.05, 3.63) is 35.6 Å². The zero-order valence-electron chi connectivity index (χ0n) is 8.80. The molecule has 0 aliphatic heterocycles. The van der Waals surface area contributed by atoms with Crippen LogP contribution in [0, 0.1) is 6.92 Å². The monoisotopic (exact) mass is 220 g/mol. The molecule has 0 fully saturated rings. The molecule has 0 aliphatic rings. The van der Waals surface area contributed by atoms with E-state index in [2.05, 4.69) is 0 Å². The Morgan fingerprint density at radius 2 is 2.12 bits per heavy atom. The summed E-state index contributed by atoms with van der Waals surface area (Å²) in [6.45, 7) is 1.81. The van der Waals surface area contributed by atoms with E-state index in [9.17, 15) is 9.90 Å². The minimum Gasteiger partial charge on any atom is -0.481 e. The van der Waals surface area contributed by atoms with E-state index in [-0.39, 0.29) is 6.42 Å². The predicted octanol–water partition coefficient (Wildman–Crippen LogP) is 2.25. The number of fused-ring (bicyclic) bond motifs is 1. The van der Waals surface area contributed by atoms with Crippen molar-refractivity contribution in [1.29, 1.82) is 0 Å². The average Bonchev–Trinajstić information content (AvgIpc) is 2.56. The van der Waals surface area contributed by atoms with Gasteiger partial charge in [-0.25, -0.2) is 0 Å². The van der Waals surface area contributed by atoms with Crippen LogP contribution in [0.5, 0.6) is 0 Å². The Kier molecular flexibility index (Phi) is 2.66. The second-order valence-corrected chi connectivity index (χ2v) is 3.70. The van der Waals surface area contributed by atoms with Crippen LogP contribution in [0.4, 0.5) is 0 Å². The van der Waals surface area contributed by atoms with Crippen LogP contribution in [0.15, 0.2) is 28.7 Å². The SMILES string of the molecule is Cc1c([C@@H](O)CC(=O)O)oc2ccccc12. The molecule has 2 N–H and O–H groups in total. The van der Waals surface area contributed by atoms with Crippen LogP contribution in [0.3, 0.4) is 0 Å². The number of hydrogen-bond donors (Lipinski definition) is 2. The van der Waals surface area contributed by atoms with Crippen molar-refractivity contribution in [3.8, 4) is 0 Å². The first-order valence-corrected chi connectivity index (χ1v) is 4.97. The fourth-order valence-electron chi connectivity index (χ4n) is 1.77. The molecule has 0 amide bonds. The normalized spacial score (nSPS) is 12.9. The van der Waals surface area contributed by atoms with Crippen LogP contribution in [0.2, 0.25) is 0 Å². The number of furan rings is 1. The lowest BCUT2D eigenvalue weighted by molar-refractivity contribution is -0.139. The lowest BCUT2D eigenvalue weighted by Crippen LogP contribution is -2.05. The van der Waals surface area contributed by atoms with Crippen LogP contribution < -0.4 is 0 Å². The standard InChI is InChI=1S/C12H12O4/c1-7-8-4-2-3-5-10(8)16-12(7)9(13)6-11(14)15/h2-5,9,13H,6H2,1H3,(H,14,15)/t9-/m0/s1. The molecule has 0 bridgehead atoms. The zero-order chi connectivity index (χ0) is 11.7. The first-order chi connectivity index (χ1) is 7.59. The van der Waals surface area contributed by atoms with Gasteiger partial charge in [-0.1, -0.05) is 18.2 Å². The van der Waals surface area contributed by atoms with Gasteiger partial charge in [0.05, 0.1) is 6.42 Å². The number of rotatable bonds is 3. The maximum absolute atomic E-state index is 10.5. The number of carbonyl (C=O) groups is 1. The first kappa shape index (κ1) is 10.7. The van der Waals surface area contributed by atoms with Gasteiger partial charge in [-0.2, -0.15) is 0 Å². The van der Waals surface area contributed by atoms with Crippen LogP contribution in [0.25, 0.3) is 11.0 Å². The molecular weight excluding hydrogens is 208 g/mol. The van der Waals surface area contributed by atoms with Crippen LogP contribution in [-0.4, -0.2) is 16.2 Å². The second kappa shape index (κ2) is 3.98. The highest BCUT2D eigenvalue weighted by Gasteiger charge is 2.20. The summed E-state index contributed by atoms with van der Waals surface area (Å²) >= 11 is 0. The summed E-state index contributed by atoms with van der Waals surface area (Å²) < 4.78 is 5.45. The van der Waals surface area contributed by atoms with Gasteiger partial charge in [0, 0.05) is 10.9 Å². The molecule has 1 aromatic carbocycles. The third-order valence-electron chi connectivity index (χ3n) is 2.55. The average molecular weight is 220 g/mol. The fourth-order valence-corrected chi connectivity index (χ4v) is 1.77. The minimum absolute atomic E-state index is 0.337. The van der Waals surface area contributed by atoms with E-state index < -0.39 is 12.1 Å². The van der Waals surface area contributed by atoms with Crippen molar-refractivity contribution in [2.24, 2.45) is 0 Å². The molecule has 0 aliphatic carbocycles. The van der Waals surface area contributed by atoms with Gasteiger partial charge in [0.1, 0.15) is 17.4 Å². The maximum Gasteiger partial charge on any atom is 0.306 e. The Morgan fingerprint density at radius 1 is 1.44 bits per heavy atom. The van der Waals surface area contributed by atoms with Gasteiger partial charge in [-0.15, -0.1) is 0 Å². The molecule has 84 valence electrons. The summed E-state index contributed by atoms with van der Waals surface area (Å²) in [7, 11) is 0. The number of benzene rings is 1. The molecule has 4 heteroatoms. The molecular formula is C12H12O4. The molecule has 1 heterocycles. The lowest BCUT2D eigenvalue weighted by Gasteiger charge is -2.04. The Bertz CT molecular complexity index is 527. The number of aliphatic hydroxyl groups excluding tert-OH is 1. The lowest BCUT2D eigenvalue weighted by atomic mass is 10.1. The van der Waals surface area contributed by atoms with Crippen LogP contribution in [-0.2, 0) is 4.79 Å². The second-order valence-electron chi connectivity index (χ2n) is 3.70. The number of hydrogen-bond acceptors (Lipinski definition) is 3. The Labute approximate surface area is 92.1 Å². The number of aliphatic carboxylic acids is 1. The largest absolute Gasteiger partial charge is 0.481 e. The molecule has 1 aromatic heterocycles. The molecule has 0 spiro atoms. The van der Waals surface area contributed by atoms with Gasteiger partial charge in [0.2, 0.25) is 0 Å². The highest BCUT2D eigenvalue weighted by Crippen LogP contribution is 2.30. The molecule has 0 saturated heterocycles. The molecule has 0 saturated carbocycles. The third-order valence-corrected chi connectivity index (χ3v) is 2.55. The molecule has 0 unspecified atom stereocenters. The highest BCUT2D eigenvalue weighted by atomic mass is 16.4. The van der Waals surface area contributed by atoms with Gasteiger partial charge in [0.15, 0.2) is 0 Å². The van der Waals surface area contributed by atoms with Crippen molar-refractivity contribution in [3.63, 3.8) is 0 Å². The number of aryl methyl sites for hydroxylation is 1. The van der Waals surface area contributed by atoms with Crippen molar-refractivity contribution in [1.82, 2.24) is 0 Å². The van der Waals surface area contributed by atoms with Crippen molar-refractivity contribution in [2.75, 3.05) is 0 Å². The summed E-state index contributed by atoms with van der Waals surface area (Å²) in [6.07, 6.45) is -1.44. The van der Waals surface area contributed by atoms with Crippen LogP contribution >= 0.6 is 0 Å². The van der Waals surface area contributed by atoms with Gasteiger partial charge >= 0.3 is 5.97 Å². The zero-order valence-corrected chi connectivity index (χ0v) is 8.80. The van der Waals surface area contributed by atoms with Gasteiger partial charge in [-0.05, 0) is 13.0 Å². The van der Waals surface area contributed by atoms with E-state index in [0.717, 1.165) is 10.9 Å². The van der Waals surface area contributed by atoms with Crippen molar-refractivity contribution >= 4 is 16.9 Å². The Hall–Kier alpha value is -1.81. The summed E-state index contributed by atoms with van der Waals surface area (Å²) in [4.78, 5) is 10.5. The van der Waals surface area contributed by atoms with E-state index in [1.807, 2.05) is 25.1 Å². The first-order valence-electron chi connectivity index (χ1n) is 4.97. The number of aliphatic hydroxyl groups is 1. The fraction of sp³-hybridized carbons (Fsp3) is 0.250. The van der Waals surface area contributed by atoms with E-state index in [1.54, 1.807) is 6.07 Å². The van der Waals surface area contributed by atoms with E-state index >= 15 is 0 Å². The summed E-state index contributed by atoms with van der Waals surface area (Å²) in [5, 5.41) is 19.2. The molecule has 4 nitrogen and oxygen atoms in total. The quantitative estimate of drug-likeness (QED) is 0.832. The smallest absolute Gasteiger partial charge is 0.306 e. The predicted molar refractivity (Wildman–Crippen MR) is 58.2 cm³/mol. The van der Waals surface area contributed by atoms with Gasteiger partial charge < -0.3 is 14.6 Å². The van der Waals surface area contributed by atoms with E-state index in [4.69, 9.17) is 9.52 Å². The molecule has 1 atom stereocenters. The molecule has 2 aromatic rings. The summed E-state index contributed by atoms with van der Waals surface area (Å²) in [5.41, 5.74) is 1.46. The molecule has 16 heavy (non-hydrogen) atoms. The Balaban J connectivity index is 2.45. The van der Waals surface area contributed by atoms with Crippen molar-refractivity contribution in [2.45, 2.75) is 19.4 Å². The van der Waals surface area contributed by atoms with Crippen molar-refractivity contribution < 1.29 is 19.4 Å². The Morgan fingerprint density at radius 3 is 2.75 bits per heavy atom. The van der Waals surface area contributed by atoms with Crippen LogP contribution in [0.1, 0.15) is 23.8 Å². The third kappa shape index (κ3) is 1.79. The maximum atomic E-state index is 10.5. The highest BCUT2D eigenvalue weighted by molar-refractivity contribution is 5.82. The molecule has 0 radical (unpaired) electrons. The number of carboxylic acid groups (broad SMARTS) is 1. The minimum atomic E-state index is -1.09. The van der Waals surface area contributed by atoms with E-state index in [1.165, 1.54) is 0 Å².